The standard InChI is InChI=1S/C3H11NOP.F6P/c1-6(2,3)4-5;1-7(2,3,4,5)6/h4-5H,1-3H3;/q+1;-1. The third-order valence-corrected chi connectivity index (χ3v) is 0.900. The van der Waals surface area contributed by atoms with Crippen LogP contribution in [0, 0.1) is 0 Å². The molecule has 0 aliphatic heterocycles. The van der Waals surface area contributed by atoms with Gasteiger partial charge in [0, 0.05) is 0 Å². The summed E-state index contributed by atoms with van der Waals surface area (Å²) in [4.78, 5) is 0. The predicted octanol–water partition coefficient (Wildman–Crippen LogP) is 4.17. The van der Waals surface area contributed by atoms with E-state index in [2.05, 4.69) is 5.25 Å². The average molecular weight is 253 g/mol. The van der Waals surface area contributed by atoms with Gasteiger partial charge in [-0.1, -0.05) is 5.25 Å². The SMILES string of the molecule is C[P+](C)(C)NO.F[P-](F)(F)(F)(F)F. The van der Waals surface area contributed by atoms with Crippen LogP contribution in [0.25, 0.3) is 0 Å². The number of rotatable bonds is 1. The van der Waals surface area contributed by atoms with E-state index in [0.717, 1.165) is 0 Å². The molecule has 0 amide bonds. The van der Waals surface area contributed by atoms with Gasteiger partial charge in [-0.25, -0.2) is 0 Å². The van der Waals surface area contributed by atoms with Crippen molar-refractivity contribution in [1.82, 2.24) is 5.25 Å². The van der Waals surface area contributed by atoms with E-state index >= 15 is 0 Å². The number of hydrogen-bond acceptors (Lipinski definition) is 2. The van der Waals surface area contributed by atoms with Gasteiger partial charge in [0.1, 0.15) is 7.41 Å². The molecule has 0 aliphatic rings. The molecular weight excluding hydrogens is 242 g/mol. The molecule has 0 spiro atoms. The van der Waals surface area contributed by atoms with Gasteiger partial charge >= 0.3 is 33.0 Å². The van der Waals surface area contributed by atoms with E-state index in [9.17, 15) is 25.2 Å². The van der Waals surface area contributed by atoms with Crippen LogP contribution in [-0.4, -0.2) is 25.2 Å². The van der Waals surface area contributed by atoms with E-state index in [4.69, 9.17) is 5.21 Å². The molecule has 2 nitrogen and oxygen atoms in total. The van der Waals surface area contributed by atoms with Crippen molar-refractivity contribution in [1.29, 1.82) is 0 Å². The Morgan fingerprint density at radius 2 is 1.00 bits per heavy atom. The van der Waals surface area contributed by atoms with Crippen molar-refractivity contribution in [2.75, 3.05) is 20.0 Å². The van der Waals surface area contributed by atoms with Crippen LogP contribution in [0.4, 0.5) is 25.2 Å². The first kappa shape index (κ1) is 15.8. The van der Waals surface area contributed by atoms with E-state index in [1.165, 1.54) is 0 Å². The molecule has 0 aromatic rings. The van der Waals surface area contributed by atoms with Crippen molar-refractivity contribution in [3.8, 4) is 0 Å². The van der Waals surface area contributed by atoms with E-state index in [1.807, 2.05) is 20.0 Å². The summed E-state index contributed by atoms with van der Waals surface area (Å²) in [6.07, 6.45) is 0. The minimum absolute atomic E-state index is 1.09. The summed E-state index contributed by atoms with van der Waals surface area (Å²) in [5, 5.41) is 10.4. The van der Waals surface area contributed by atoms with Gasteiger partial charge in [-0.3, -0.25) is 5.21 Å². The fraction of sp³-hybridized carbons (Fsp3) is 1.00. The zero-order chi connectivity index (χ0) is 11.6. The average Bonchev–Trinajstić information content (AvgIpc) is 1.54. The number of hydrogen-bond donors (Lipinski definition) is 2. The molecule has 0 radical (unpaired) electrons. The molecule has 0 aliphatic carbocycles. The first-order valence-corrected chi connectivity index (χ1v) is 7.96. The first-order chi connectivity index (χ1) is 5.01. The van der Waals surface area contributed by atoms with Gasteiger partial charge in [-0.15, -0.1) is 0 Å². The van der Waals surface area contributed by atoms with E-state index in [1.54, 1.807) is 0 Å². The zero-order valence-corrected chi connectivity index (χ0v) is 8.90. The van der Waals surface area contributed by atoms with Gasteiger partial charge in [0.05, 0.1) is 20.0 Å². The maximum absolute atomic E-state index is 10.7. The molecule has 0 fully saturated rings. The molecule has 0 aromatic heterocycles. The van der Waals surface area contributed by atoms with Crippen molar-refractivity contribution >= 4 is 15.2 Å². The molecule has 2 N–H and O–H groups in total. The Morgan fingerprint density at radius 3 is 1.00 bits per heavy atom. The van der Waals surface area contributed by atoms with E-state index in [-0.39, 0.29) is 0 Å². The molecule has 0 bridgehead atoms. The third-order valence-electron chi connectivity index (χ3n) is 0.300. The van der Waals surface area contributed by atoms with Crippen LogP contribution in [0.5, 0.6) is 0 Å². The normalized spacial score (nSPS) is 18.0. The molecule has 0 aromatic carbocycles. The minimum atomic E-state index is -10.7. The van der Waals surface area contributed by atoms with Crippen LogP contribution in [0.1, 0.15) is 0 Å². The van der Waals surface area contributed by atoms with Crippen LogP contribution in [0.2, 0.25) is 0 Å². The topological polar surface area (TPSA) is 32.3 Å². The van der Waals surface area contributed by atoms with Crippen LogP contribution in [0.3, 0.4) is 0 Å². The number of halogens is 6. The van der Waals surface area contributed by atoms with E-state index in [0.29, 0.717) is 0 Å². The Bertz CT molecular complexity index is 154. The van der Waals surface area contributed by atoms with Crippen LogP contribution >= 0.6 is 15.2 Å². The van der Waals surface area contributed by atoms with Crippen LogP contribution < -0.4 is 5.25 Å². The second kappa shape index (κ2) is 3.19. The Morgan fingerprint density at radius 1 is 0.923 bits per heavy atom. The molecule has 0 rings (SSSR count). The summed E-state index contributed by atoms with van der Waals surface area (Å²) in [6.45, 7) is 5.98. The summed E-state index contributed by atoms with van der Waals surface area (Å²) >= 11 is 0. The molecule has 13 heavy (non-hydrogen) atoms. The monoisotopic (exact) mass is 253 g/mol. The third kappa shape index (κ3) is 118. The van der Waals surface area contributed by atoms with Gasteiger partial charge in [-0.2, -0.15) is 0 Å². The quantitative estimate of drug-likeness (QED) is 0.417. The van der Waals surface area contributed by atoms with Gasteiger partial charge < -0.3 is 0 Å². The second-order valence-electron chi connectivity index (χ2n) is 3.07. The van der Waals surface area contributed by atoms with Crippen molar-refractivity contribution < 1.29 is 30.4 Å². The van der Waals surface area contributed by atoms with Gasteiger partial charge in [-0.05, 0) is 0 Å². The van der Waals surface area contributed by atoms with Gasteiger partial charge in [0.2, 0.25) is 0 Å². The van der Waals surface area contributed by atoms with Crippen molar-refractivity contribution in [2.45, 2.75) is 0 Å². The Labute approximate surface area is 71.9 Å². The van der Waals surface area contributed by atoms with Gasteiger partial charge in [0.15, 0.2) is 0 Å². The maximum atomic E-state index is 9.87. The van der Waals surface area contributed by atoms with E-state index < -0.39 is 15.2 Å². The Balaban J connectivity index is 0. The first-order valence-electron chi connectivity index (χ1n) is 2.80. The van der Waals surface area contributed by atoms with Crippen LogP contribution in [-0.2, 0) is 0 Å². The molecular formula is C3H11F6NOP2. The summed E-state index contributed by atoms with van der Waals surface area (Å²) in [7, 11) is -11.7. The second-order valence-corrected chi connectivity index (χ2v) is 9.21. The van der Waals surface area contributed by atoms with Crippen molar-refractivity contribution in [3.05, 3.63) is 0 Å². The summed E-state index contributed by atoms with van der Waals surface area (Å²) < 4.78 is 59.2. The molecule has 0 atom stereocenters. The number of nitrogens with one attached hydrogen (secondary N) is 1. The molecule has 86 valence electrons. The molecule has 0 unspecified atom stereocenters. The zero-order valence-electron chi connectivity index (χ0n) is 7.11. The molecule has 0 heterocycles. The fourth-order valence-corrected chi connectivity index (χ4v) is 0. The molecule has 0 saturated carbocycles. The Kier molecular flexibility index (Phi) is 3.88. The van der Waals surface area contributed by atoms with Gasteiger partial charge in [0.25, 0.3) is 0 Å². The molecule has 10 heteroatoms. The van der Waals surface area contributed by atoms with Crippen molar-refractivity contribution in [2.24, 2.45) is 0 Å². The Hall–Kier alpha value is 0.360. The summed E-state index contributed by atoms with van der Waals surface area (Å²) in [5.41, 5.74) is 0. The van der Waals surface area contributed by atoms with Crippen LogP contribution in [0.15, 0.2) is 0 Å². The molecule has 0 saturated heterocycles. The predicted molar refractivity (Wildman–Crippen MR) is 43.2 cm³/mol. The summed E-state index contributed by atoms with van der Waals surface area (Å²) in [5.74, 6) is 0. The summed E-state index contributed by atoms with van der Waals surface area (Å²) in [6, 6.07) is 0. The fourth-order valence-electron chi connectivity index (χ4n) is 0. The van der Waals surface area contributed by atoms with Crippen molar-refractivity contribution in [3.63, 3.8) is 0 Å².